The summed E-state index contributed by atoms with van der Waals surface area (Å²) in [5.74, 6) is 0.311. The summed E-state index contributed by atoms with van der Waals surface area (Å²) < 4.78 is 5.55. The van der Waals surface area contributed by atoms with Crippen molar-refractivity contribution in [3.05, 3.63) is 24.3 Å². The number of rotatable bonds is 6. The molecule has 2 aliphatic rings. The first kappa shape index (κ1) is 20.6. The molecule has 0 saturated carbocycles. The molecule has 0 aliphatic heterocycles. The zero-order valence-electron chi connectivity index (χ0n) is 16.5. The number of hydrogen-bond donors (Lipinski definition) is 3. The third-order valence-electron chi connectivity index (χ3n) is 6.46. The minimum absolute atomic E-state index is 0.0177. The Morgan fingerprint density at radius 1 is 1.04 bits per heavy atom. The summed E-state index contributed by atoms with van der Waals surface area (Å²) in [5, 5.41) is 31.8. The van der Waals surface area contributed by atoms with E-state index >= 15 is 0 Å². The Balaban J connectivity index is 1.95. The Hall–Kier alpha value is -0.680. The van der Waals surface area contributed by atoms with E-state index in [1.807, 2.05) is 19.1 Å². The molecular formula is C21H36O4. The third-order valence-corrected chi connectivity index (χ3v) is 6.46. The second-order valence-electron chi connectivity index (χ2n) is 9.13. The van der Waals surface area contributed by atoms with Gasteiger partial charge in [-0.05, 0) is 66.2 Å². The van der Waals surface area contributed by atoms with Crippen molar-refractivity contribution < 1.29 is 20.1 Å². The SMILES string of the molecule is COC(C)(C)C1C=C[C@@](O)(CCC(C)(O)[C@H]2C=C[C@](C)(O)CC2)CC1. The van der Waals surface area contributed by atoms with Crippen molar-refractivity contribution in [3.8, 4) is 0 Å². The molecule has 3 N–H and O–H groups in total. The summed E-state index contributed by atoms with van der Waals surface area (Å²) in [4.78, 5) is 0. The quantitative estimate of drug-likeness (QED) is 0.641. The molecule has 4 heteroatoms. The Morgan fingerprint density at radius 2 is 1.64 bits per heavy atom. The zero-order chi connectivity index (χ0) is 18.9. The largest absolute Gasteiger partial charge is 0.390 e. The summed E-state index contributed by atoms with van der Waals surface area (Å²) in [7, 11) is 1.72. The molecule has 0 radical (unpaired) electrons. The van der Waals surface area contributed by atoms with Crippen LogP contribution in [0.4, 0.5) is 0 Å². The van der Waals surface area contributed by atoms with Crippen LogP contribution in [-0.4, -0.2) is 44.8 Å². The molecule has 0 aromatic heterocycles. The Bertz CT molecular complexity index is 518. The number of aliphatic hydroxyl groups is 3. The van der Waals surface area contributed by atoms with Gasteiger partial charge >= 0.3 is 0 Å². The first-order valence-corrected chi connectivity index (χ1v) is 9.50. The van der Waals surface area contributed by atoms with Crippen LogP contribution in [0.2, 0.25) is 0 Å². The summed E-state index contributed by atoms with van der Waals surface area (Å²) in [5.41, 5.74) is -2.72. The molecule has 5 atom stereocenters. The highest BCUT2D eigenvalue weighted by molar-refractivity contribution is 5.13. The lowest BCUT2D eigenvalue weighted by Crippen LogP contribution is -2.42. The summed E-state index contributed by atoms with van der Waals surface area (Å²) >= 11 is 0. The van der Waals surface area contributed by atoms with E-state index in [2.05, 4.69) is 19.9 Å². The topological polar surface area (TPSA) is 69.9 Å². The van der Waals surface area contributed by atoms with Gasteiger partial charge in [-0.3, -0.25) is 0 Å². The van der Waals surface area contributed by atoms with Gasteiger partial charge in [0.1, 0.15) is 0 Å². The van der Waals surface area contributed by atoms with Crippen molar-refractivity contribution in [2.45, 2.75) is 88.6 Å². The minimum atomic E-state index is -0.876. The zero-order valence-corrected chi connectivity index (χ0v) is 16.5. The molecule has 144 valence electrons. The van der Waals surface area contributed by atoms with Gasteiger partial charge in [0.25, 0.3) is 0 Å². The monoisotopic (exact) mass is 352 g/mol. The predicted octanol–water partition coefficient (Wildman–Crippen LogP) is 3.36. The van der Waals surface area contributed by atoms with Crippen LogP contribution in [-0.2, 0) is 4.74 Å². The van der Waals surface area contributed by atoms with E-state index < -0.39 is 16.8 Å². The molecule has 0 fully saturated rings. The van der Waals surface area contributed by atoms with Gasteiger partial charge in [0, 0.05) is 18.9 Å². The van der Waals surface area contributed by atoms with Crippen molar-refractivity contribution in [2.24, 2.45) is 11.8 Å². The van der Waals surface area contributed by atoms with E-state index in [0.29, 0.717) is 31.6 Å². The van der Waals surface area contributed by atoms with E-state index in [-0.39, 0.29) is 11.5 Å². The molecule has 0 bridgehead atoms. The van der Waals surface area contributed by atoms with Gasteiger partial charge < -0.3 is 20.1 Å². The Kier molecular flexibility index (Phi) is 5.90. The molecule has 2 aliphatic carbocycles. The lowest BCUT2D eigenvalue weighted by Gasteiger charge is -2.40. The molecule has 0 heterocycles. The highest BCUT2D eigenvalue weighted by Gasteiger charge is 2.39. The van der Waals surface area contributed by atoms with Crippen LogP contribution < -0.4 is 0 Å². The van der Waals surface area contributed by atoms with Crippen LogP contribution in [0, 0.1) is 11.8 Å². The normalized spacial score (nSPS) is 38.6. The van der Waals surface area contributed by atoms with Crippen LogP contribution >= 0.6 is 0 Å². The predicted molar refractivity (Wildman–Crippen MR) is 100 cm³/mol. The smallest absolute Gasteiger partial charge is 0.0829 e. The van der Waals surface area contributed by atoms with E-state index in [9.17, 15) is 15.3 Å². The van der Waals surface area contributed by atoms with Gasteiger partial charge in [-0.1, -0.05) is 24.3 Å². The van der Waals surface area contributed by atoms with E-state index in [4.69, 9.17) is 4.74 Å². The molecule has 0 aromatic rings. The van der Waals surface area contributed by atoms with Crippen LogP contribution in [0.5, 0.6) is 0 Å². The lowest BCUT2D eigenvalue weighted by molar-refractivity contribution is -0.0459. The summed E-state index contributed by atoms with van der Waals surface area (Å²) in [6.45, 7) is 7.78. The maximum atomic E-state index is 10.9. The molecular weight excluding hydrogens is 316 g/mol. The standard InChI is InChI=1S/C21H36O4/c1-18(2,25-5)16-8-12-21(24,13-9-16)15-14-20(4,23)17-6-10-19(3,22)11-7-17/h6,8,10,12,16-17,22-24H,7,9,11,13-15H2,1-5H3/t16?,17-,19-,20?,21-/m0/s1. The molecule has 0 amide bonds. The van der Waals surface area contributed by atoms with Crippen LogP contribution in [0.25, 0.3) is 0 Å². The highest BCUT2D eigenvalue weighted by Crippen LogP contribution is 2.39. The van der Waals surface area contributed by atoms with Crippen LogP contribution in [0.3, 0.4) is 0 Å². The maximum absolute atomic E-state index is 10.9. The van der Waals surface area contributed by atoms with Gasteiger partial charge in [-0.25, -0.2) is 0 Å². The van der Waals surface area contributed by atoms with Crippen molar-refractivity contribution in [3.63, 3.8) is 0 Å². The number of hydrogen-bond acceptors (Lipinski definition) is 4. The minimum Gasteiger partial charge on any atom is -0.390 e. The fraction of sp³-hybridized carbons (Fsp3) is 0.810. The average molecular weight is 353 g/mol. The van der Waals surface area contributed by atoms with E-state index in [1.54, 1.807) is 20.1 Å². The molecule has 0 saturated heterocycles. The summed E-state index contributed by atoms with van der Waals surface area (Å²) in [6.07, 6.45) is 11.7. The third kappa shape index (κ3) is 5.16. The van der Waals surface area contributed by atoms with Crippen molar-refractivity contribution in [2.75, 3.05) is 7.11 Å². The fourth-order valence-electron chi connectivity index (χ4n) is 3.94. The van der Waals surface area contributed by atoms with Crippen LogP contribution in [0.15, 0.2) is 24.3 Å². The Labute approximate surface area is 152 Å². The Morgan fingerprint density at radius 3 is 2.12 bits per heavy atom. The molecule has 25 heavy (non-hydrogen) atoms. The van der Waals surface area contributed by atoms with E-state index in [0.717, 1.165) is 12.8 Å². The molecule has 4 nitrogen and oxygen atoms in total. The average Bonchev–Trinajstić information content (AvgIpc) is 2.53. The second-order valence-corrected chi connectivity index (χ2v) is 9.13. The van der Waals surface area contributed by atoms with Gasteiger partial charge in [-0.2, -0.15) is 0 Å². The fourth-order valence-corrected chi connectivity index (χ4v) is 3.94. The molecule has 0 spiro atoms. The van der Waals surface area contributed by atoms with Gasteiger partial charge in [0.2, 0.25) is 0 Å². The first-order chi connectivity index (χ1) is 11.4. The van der Waals surface area contributed by atoms with Gasteiger partial charge in [0.15, 0.2) is 0 Å². The van der Waals surface area contributed by atoms with E-state index in [1.165, 1.54) is 0 Å². The molecule has 2 rings (SSSR count). The lowest BCUT2D eigenvalue weighted by atomic mass is 9.72. The number of methoxy groups -OCH3 is 1. The first-order valence-electron chi connectivity index (χ1n) is 9.50. The second kappa shape index (κ2) is 7.15. The number of ether oxygens (including phenoxy) is 1. The molecule has 0 aromatic carbocycles. The highest BCUT2D eigenvalue weighted by atomic mass is 16.5. The van der Waals surface area contributed by atoms with Crippen molar-refractivity contribution in [1.82, 2.24) is 0 Å². The van der Waals surface area contributed by atoms with Crippen LogP contribution in [0.1, 0.15) is 66.2 Å². The molecule has 2 unspecified atom stereocenters. The van der Waals surface area contributed by atoms with Gasteiger partial charge in [-0.15, -0.1) is 0 Å². The van der Waals surface area contributed by atoms with Crippen molar-refractivity contribution in [1.29, 1.82) is 0 Å². The summed E-state index contributed by atoms with van der Waals surface area (Å²) in [6, 6.07) is 0. The van der Waals surface area contributed by atoms with Gasteiger partial charge in [0.05, 0.1) is 22.4 Å². The van der Waals surface area contributed by atoms with Crippen molar-refractivity contribution >= 4 is 0 Å². The maximum Gasteiger partial charge on any atom is 0.0829 e.